The van der Waals surface area contributed by atoms with Crippen LogP contribution in [0, 0.1) is 0 Å². The molecule has 1 aliphatic heterocycles. The smallest absolute Gasteiger partial charge is 0.394 e. The molecule has 0 aromatic heterocycles. The van der Waals surface area contributed by atoms with E-state index in [4.69, 9.17) is 9.47 Å². The van der Waals surface area contributed by atoms with Crippen LogP contribution in [-0.4, -0.2) is 95.4 Å². The Labute approximate surface area is 372 Å². The van der Waals surface area contributed by atoms with E-state index < -0.39 is 59.9 Å². The van der Waals surface area contributed by atoms with Crippen molar-refractivity contribution in [3.8, 4) is 0 Å². The van der Waals surface area contributed by atoms with E-state index in [1.807, 2.05) is 6.08 Å². The van der Waals surface area contributed by atoms with Gasteiger partial charge >= 0.3 is 10.4 Å². The van der Waals surface area contributed by atoms with Gasteiger partial charge in [-0.1, -0.05) is 192 Å². The number of hydrogen-bond donors (Lipinski definition) is 6. The standard InChI is InChI=1S/C48H91NO11S/c1-3-5-7-9-11-13-15-17-18-19-20-21-22-23-24-26-28-30-32-34-36-38-44(52)49-41(42(51)37-35-33-31-29-27-25-16-14-12-10-8-6-4-2)40-58-48-47(60-61(55,56)57)46(54)45(53)43(39-50)59-48/h17-18,35,37,41-43,45-48,50-51,53-54H,3-16,19-34,36,38-40H2,1-2H3,(H,49,52)(H,55,56,57)/b18-17-,37-35+/t41-,42+,43+,45-,46-,47+,48+/m0/s1. The first-order chi connectivity index (χ1) is 29.5. The molecule has 0 aromatic rings. The summed E-state index contributed by atoms with van der Waals surface area (Å²) < 4.78 is 48.1. The number of aliphatic hydroxyl groups is 4. The van der Waals surface area contributed by atoms with Crippen LogP contribution in [0.15, 0.2) is 24.3 Å². The zero-order valence-corrected chi connectivity index (χ0v) is 39.3. The Morgan fingerprint density at radius 1 is 0.639 bits per heavy atom. The molecule has 0 aromatic carbocycles. The van der Waals surface area contributed by atoms with E-state index in [2.05, 4.69) is 35.5 Å². The van der Waals surface area contributed by atoms with Gasteiger partial charge in [0, 0.05) is 6.42 Å². The average Bonchev–Trinajstić information content (AvgIpc) is 3.23. The van der Waals surface area contributed by atoms with Gasteiger partial charge in [-0.15, -0.1) is 0 Å². The zero-order valence-electron chi connectivity index (χ0n) is 38.5. The number of carbonyl (C=O) groups excluding carboxylic acids is 1. The number of hydrogen-bond acceptors (Lipinski definition) is 10. The molecule has 1 heterocycles. The minimum atomic E-state index is -5.10. The van der Waals surface area contributed by atoms with Crippen LogP contribution in [0.5, 0.6) is 0 Å². The van der Waals surface area contributed by atoms with Crippen LogP contribution in [-0.2, 0) is 28.9 Å². The van der Waals surface area contributed by atoms with Crippen molar-refractivity contribution in [3.05, 3.63) is 24.3 Å². The molecule has 1 saturated heterocycles. The highest BCUT2D eigenvalue weighted by Gasteiger charge is 2.48. The summed E-state index contributed by atoms with van der Waals surface area (Å²) >= 11 is 0. The van der Waals surface area contributed by atoms with Crippen molar-refractivity contribution >= 4 is 16.3 Å². The summed E-state index contributed by atoms with van der Waals surface area (Å²) in [6.07, 6.45) is 36.3. The van der Waals surface area contributed by atoms with Crippen molar-refractivity contribution in [2.24, 2.45) is 0 Å². The number of nitrogens with one attached hydrogen (secondary N) is 1. The molecule has 6 N–H and O–H groups in total. The quantitative estimate of drug-likeness (QED) is 0.0194. The van der Waals surface area contributed by atoms with Gasteiger partial charge in [0.2, 0.25) is 5.91 Å². The molecular formula is C48H91NO11S. The van der Waals surface area contributed by atoms with Gasteiger partial charge < -0.3 is 35.2 Å². The molecule has 0 saturated carbocycles. The van der Waals surface area contributed by atoms with Crippen LogP contribution in [0.3, 0.4) is 0 Å². The van der Waals surface area contributed by atoms with Crippen LogP contribution in [0.2, 0.25) is 0 Å². The van der Waals surface area contributed by atoms with Crippen LogP contribution in [0.25, 0.3) is 0 Å². The fraction of sp³-hybridized carbons (Fsp3) is 0.896. The first kappa shape index (κ1) is 57.6. The van der Waals surface area contributed by atoms with Gasteiger partial charge in [0.05, 0.1) is 25.4 Å². The molecule has 1 rings (SSSR count). The van der Waals surface area contributed by atoms with Crippen molar-refractivity contribution in [2.45, 2.75) is 262 Å². The Morgan fingerprint density at radius 2 is 1.05 bits per heavy atom. The number of unbranched alkanes of at least 4 members (excludes halogenated alkanes) is 28. The maximum atomic E-state index is 13.1. The molecule has 360 valence electrons. The lowest BCUT2D eigenvalue weighted by Crippen LogP contribution is -2.61. The fourth-order valence-electron chi connectivity index (χ4n) is 7.85. The van der Waals surface area contributed by atoms with Gasteiger partial charge in [0.1, 0.15) is 18.3 Å². The predicted octanol–water partition coefficient (Wildman–Crippen LogP) is 10.1. The third-order valence-corrected chi connectivity index (χ3v) is 12.2. The lowest BCUT2D eigenvalue weighted by Gasteiger charge is -2.41. The number of rotatable bonds is 42. The SMILES string of the molecule is CCCCCCCC/C=C\CCCCCCCCCCCCCC(=O)N[C@@H](CO[C@@H]1O[C@H](CO)[C@H](O)[C@H](O)[C@H]1OS(=O)(=O)O)[C@H](O)/C=C/CCCCCCCCCCCCC. The first-order valence-corrected chi connectivity index (χ1v) is 26.1. The Hall–Kier alpha value is -1.42. The summed E-state index contributed by atoms with van der Waals surface area (Å²) in [5, 5.41) is 44.4. The summed E-state index contributed by atoms with van der Waals surface area (Å²) in [7, 11) is -5.10. The Morgan fingerprint density at radius 3 is 1.48 bits per heavy atom. The largest absolute Gasteiger partial charge is 0.397 e. The summed E-state index contributed by atoms with van der Waals surface area (Å²) in [5.74, 6) is -0.279. The van der Waals surface area contributed by atoms with Gasteiger partial charge in [-0.2, -0.15) is 8.42 Å². The molecule has 13 heteroatoms. The van der Waals surface area contributed by atoms with Gasteiger partial charge in [-0.25, -0.2) is 4.18 Å². The van der Waals surface area contributed by atoms with Crippen LogP contribution < -0.4 is 5.32 Å². The second-order valence-electron chi connectivity index (χ2n) is 17.4. The minimum absolute atomic E-state index is 0.256. The van der Waals surface area contributed by atoms with Crippen molar-refractivity contribution in [1.82, 2.24) is 5.32 Å². The fourth-order valence-corrected chi connectivity index (χ4v) is 8.33. The number of amides is 1. The van der Waals surface area contributed by atoms with E-state index in [-0.39, 0.29) is 18.9 Å². The Balaban J connectivity index is 2.46. The summed E-state index contributed by atoms with van der Waals surface area (Å²) in [6.45, 7) is 3.38. The van der Waals surface area contributed by atoms with Crippen molar-refractivity contribution < 1.29 is 51.8 Å². The second kappa shape index (κ2) is 39.0. The number of allylic oxidation sites excluding steroid dienone is 3. The monoisotopic (exact) mass is 890 g/mol. The lowest BCUT2D eigenvalue weighted by atomic mass is 9.99. The van der Waals surface area contributed by atoms with Crippen molar-refractivity contribution in [3.63, 3.8) is 0 Å². The van der Waals surface area contributed by atoms with Crippen LogP contribution in [0.1, 0.15) is 219 Å². The second-order valence-corrected chi connectivity index (χ2v) is 18.4. The molecule has 61 heavy (non-hydrogen) atoms. The summed E-state index contributed by atoms with van der Waals surface area (Å²) in [5.41, 5.74) is 0. The highest BCUT2D eigenvalue weighted by atomic mass is 32.3. The molecule has 0 aliphatic carbocycles. The molecule has 1 fully saturated rings. The number of ether oxygens (including phenoxy) is 2. The number of carbonyl (C=O) groups is 1. The molecule has 12 nitrogen and oxygen atoms in total. The molecule has 0 bridgehead atoms. The summed E-state index contributed by atoms with van der Waals surface area (Å²) in [4.78, 5) is 13.1. The highest BCUT2D eigenvalue weighted by molar-refractivity contribution is 7.80. The van der Waals surface area contributed by atoms with Gasteiger partial charge in [-0.05, 0) is 44.9 Å². The highest BCUT2D eigenvalue weighted by Crippen LogP contribution is 2.26. The molecule has 0 unspecified atom stereocenters. The minimum Gasteiger partial charge on any atom is -0.394 e. The molecule has 0 radical (unpaired) electrons. The lowest BCUT2D eigenvalue weighted by molar-refractivity contribution is -0.297. The Kier molecular flexibility index (Phi) is 36.8. The zero-order chi connectivity index (χ0) is 44.8. The average molecular weight is 890 g/mol. The number of aliphatic hydroxyl groups excluding tert-OH is 4. The molecule has 1 amide bonds. The van der Waals surface area contributed by atoms with E-state index in [0.29, 0.717) is 6.42 Å². The Bertz CT molecular complexity index is 1190. The third-order valence-electron chi connectivity index (χ3n) is 11.7. The van der Waals surface area contributed by atoms with Crippen LogP contribution in [0.4, 0.5) is 0 Å². The van der Waals surface area contributed by atoms with Gasteiger partial charge in [0.15, 0.2) is 12.4 Å². The van der Waals surface area contributed by atoms with E-state index in [0.717, 1.165) is 38.5 Å². The first-order valence-electron chi connectivity index (χ1n) is 24.7. The maximum Gasteiger partial charge on any atom is 0.397 e. The topological polar surface area (TPSA) is 192 Å². The van der Waals surface area contributed by atoms with E-state index in [1.54, 1.807) is 6.08 Å². The maximum absolute atomic E-state index is 13.1. The van der Waals surface area contributed by atoms with E-state index in [1.165, 1.54) is 154 Å². The normalized spacial score (nSPS) is 20.8. The van der Waals surface area contributed by atoms with Crippen molar-refractivity contribution in [1.29, 1.82) is 0 Å². The van der Waals surface area contributed by atoms with E-state index >= 15 is 0 Å². The van der Waals surface area contributed by atoms with Gasteiger partial charge in [0.25, 0.3) is 0 Å². The third kappa shape index (κ3) is 32.0. The molecule has 0 spiro atoms. The molecular weight excluding hydrogens is 799 g/mol. The van der Waals surface area contributed by atoms with Gasteiger partial charge in [-0.3, -0.25) is 9.35 Å². The molecule has 1 aliphatic rings. The predicted molar refractivity (Wildman–Crippen MR) is 245 cm³/mol. The van der Waals surface area contributed by atoms with E-state index in [9.17, 15) is 38.2 Å². The summed E-state index contributed by atoms with van der Waals surface area (Å²) in [6, 6.07) is -0.973. The molecule has 7 atom stereocenters. The van der Waals surface area contributed by atoms with Crippen molar-refractivity contribution in [2.75, 3.05) is 13.2 Å². The van der Waals surface area contributed by atoms with Crippen LogP contribution >= 0.6 is 0 Å².